The fourth-order valence-electron chi connectivity index (χ4n) is 2.57. The molecular formula is C21H27NO2. The number of amides is 1. The zero-order chi connectivity index (χ0) is 17.2. The van der Waals surface area contributed by atoms with Gasteiger partial charge in [-0.25, -0.2) is 0 Å². The lowest BCUT2D eigenvalue weighted by molar-refractivity contribution is -0.115. The standard InChI is InChI=1S/C21H27NO2/c1-3-4-5-8-14-24-20-13-9-12-19(16-20)22-21(23)15-18-11-7-6-10-17(18)2/h6-7,9-13,16H,3-5,8,14-15H2,1-2H3,(H,22,23). The first-order chi connectivity index (χ1) is 11.7. The third-order valence-electron chi connectivity index (χ3n) is 4.00. The number of nitrogens with one attached hydrogen (secondary N) is 1. The molecule has 128 valence electrons. The van der Waals surface area contributed by atoms with E-state index in [4.69, 9.17) is 4.74 Å². The van der Waals surface area contributed by atoms with E-state index in [1.165, 1.54) is 19.3 Å². The number of hydrogen-bond donors (Lipinski definition) is 1. The molecule has 2 aromatic rings. The van der Waals surface area contributed by atoms with Crippen LogP contribution in [0.1, 0.15) is 43.7 Å². The molecular weight excluding hydrogens is 298 g/mol. The van der Waals surface area contributed by atoms with Gasteiger partial charge in [-0.3, -0.25) is 4.79 Å². The Morgan fingerprint density at radius 3 is 2.67 bits per heavy atom. The molecule has 0 aromatic heterocycles. The van der Waals surface area contributed by atoms with Gasteiger partial charge < -0.3 is 10.1 Å². The minimum atomic E-state index is -0.00982. The molecule has 3 nitrogen and oxygen atoms in total. The van der Waals surface area contributed by atoms with E-state index in [0.29, 0.717) is 6.42 Å². The van der Waals surface area contributed by atoms with Crippen LogP contribution in [0.2, 0.25) is 0 Å². The minimum absolute atomic E-state index is 0.00982. The Hall–Kier alpha value is -2.29. The molecule has 0 spiro atoms. The maximum Gasteiger partial charge on any atom is 0.228 e. The van der Waals surface area contributed by atoms with Crippen molar-refractivity contribution in [3.05, 3.63) is 59.7 Å². The molecule has 0 aliphatic heterocycles. The third kappa shape index (κ3) is 6.07. The summed E-state index contributed by atoms with van der Waals surface area (Å²) < 4.78 is 5.76. The molecule has 0 radical (unpaired) electrons. The second kappa shape index (κ2) is 9.76. The predicted octanol–water partition coefficient (Wildman–Crippen LogP) is 5.14. The summed E-state index contributed by atoms with van der Waals surface area (Å²) in [6.45, 7) is 4.94. The summed E-state index contributed by atoms with van der Waals surface area (Å²) in [5.41, 5.74) is 2.97. The molecule has 0 unspecified atom stereocenters. The summed E-state index contributed by atoms with van der Waals surface area (Å²) in [5, 5.41) is 2.95. The molecule has 2 rings (SSSR count). The number of carbonyl (C=O) groups excluding carboxylic acids is 1. The van der Waals surface area contributed by atoms with Crippen molar-refractivity contribution in [1.29, 1.82) is 0 Å². The Labute approximate surface area is 145 Å². The lowest BCUT2D eigenvalue weighted by Gasteiger charge is -2.10. The van der Waals surface area contributed by atoms with Crippen molar-refractivity contribution in [2.45, 2.75) is 46.0 Å². The third-order valence-corrected chi connectivity index (χ3v) is 4.00. The van der Waals surface area contributed by atoms with Crippen LogP contribution in [0.4, 0.5) is 5.69 Å². The normalized spacial score (nSPS) is 10.4. The van der Waals surface area contributed by atoms with Crippen LogP contribution in [0.3, 0.4) is 0 Å². The van der Waals surface area contributed by atoms with Gasteiger partial charge in [0.05, 0.1) is 13.0 Å². The number of ether oxygens (including phenoxy) is 1. The Balaban J connectivity index is 1.85. The summed E-state index contributed by atoms with van der Waals surface area (Å²) in [4.78, 5) is 12.2. The quantitative estimate of drug-likeness (QED) is 0.649. The van der Waals surface area contributed by atoms with E-state index in [1.54, 1.807) is 0 Å². The van der Waals surface area contributed by atoms with Gasteiger partial charge in [0.2, 0.25) is 5.91 Å². The highest BCUT2D eigenvalue weighted by atomic mass is 16.5. The Morgan fingerprint density at radius 1 is 1.04 bits per heavy atom. The molecule has 0 heterocycles. The molecule has 0 atom stereocenters. The van der Waals surface area contributed by atoms with Gasteiger partial charge in [-0.2, -0.15) is 0 Å². The first-order valence-corrected chi connectivity index (χ1v) is 8.76. The second-order valence-corrected chi connectivity index (χ2v) is 6.09. The van der Waals surface area contributed by atoms with Crippen molar-refractivity contribution in [2.75, 3.05) is 11.9 Å². The van der Waals surface area contributed by atoms with Crippen molar-refractivity contribution < 1.29 is 9.53 Å². The maximum absolute atomic E-state index is 12.2. The Kier molecular flexibility index (Phi) is 7.34. The summed E-state index contributed by atoms with van der Waals surface area (Å²) in [6.07, 6.45) is 5.12. The van der Waals surface area contributed by atoms with Crippen LogP contribution in [0.5, 0.6) is 5.75 Å². The SMILES string of the molecule is CCCCCCOc1cccc(NC(=O)Cc2ccccc2C)c1. The molecule has 0 saturated heterocycles. The highest BCUT2D eigenvalue weighted by Gasteiger charge is 2.06. The van der Waals surface area contributed by atoms with Crippen LogP contribution < -0.4 is 10.1 Å². The topological polar surface area (TPSA) is 38.3 Å². The highest BCUT2D eigenvalue weighted by molar-refractivity contribution is 5.92. The molecule has 2 aromatic carbocycles. The van der Waals surface area contributed by atoms with E-state index >= 15 is 0 Å². The first kappa shape index (κ1) is 18.1. The van der Waals surface area contributed by atoms with Gasteiger partial charge >= 0.3 is 0 Å². The number of rotatable bonds is 9. The monoisotopic (exact) mass is 325 g/mol. The van der Waals surface area contributed by atoms with Crippen molar-refractivity contribution >= 4 is 11.6 Å². The van der Waals surface area contributed by atoms with Crippen LogP contribution in [0.15, 0.2) is 48.5 Å². The summed E-state index contributed by atoms with van der Waals surface area (Å²) in [6, 6.07) is 15.6. The van der Waals surface area contributed by atoms with Crippen LogP contribution in [0.25, 0.3) is 0 Å². The molecule has 0 fully saturated rings. The van der Waals surface area contributed by atoms with Crippen molar-refractivity contribution in [3.8, 4) is 5.75 Å². The molecule has 0 aliphatic carbocycles. The Morgan fingerprint density at radius 2 is 1.88 bits per heavy atom. The smallest absolute Gasteiger partial charge is 0.228 e. The molecule has 1 N–H and O–H groups in total. The predicted molar refractivity (Wildman–Crippen MR) is 99.6 cm³/mol. The molecule has 1 amide bonds. The van der Waals surface area contributed by atoms with Crippen LogP contribution in [-0.4, -0.2) is 12.5 Å². The average molecular weight is 325 g/mol. The van der Waals surface area contributed by atoms with Crippen LogP contribution in [-0.2, 0) is 11.2 Å². The average Bonchev–Trinajstić information content (AvgIpc) is 2.57. The second-order valence-electron chi connectivity index (χ2n) is 6.09. The van der Waals surface area contributed by atoms with Crippen LogP contribution in [0, 0.1) is 6.92 Å². The van der Waals surface area contributed by atoms with E-state index in [2.05, 4.69) is 12.2 Å². The fraction of sp³-hybridized carbons (Fsp3) is 0.381. The van der Waals surface area contributed by atoms with Gasteiger partial charge in [-0.1, -0.05) is 56.5 Å². The van der Waals surface area contributed by atoms with Crippen molar-refractivity contribution in [3.63, 3.8) is 0 Å². The van der Waals surface area contributed by atoms with Gasteiger partial charge in [-0.15, -0.1) is 0 Å². The fourth-order valence-corrected chi connectivity index (χ4v) is 2.57. The molecule has 24 heavy (non-hydrogen) atoms. The number of hydrogen-bond acceptors (Lipinski definition) is 2. The van der Waals surface area contributed by atoms with Gasteiger partial charge in [-0.05, 0) is 36.6 Å². The number of anilines is 1. The van der Waals surface area contributed by atoms with Gasteiger partial charge in [0.15, 0.2) is 0 Å². The number of aryl methyl sites for hydroxylation is 1. The molecule has 3 heteroatoms. The number of benzene rings is 2. The zero-order valence-electron chi connectivity index (χ0n) is 14.7. The lowest BCUT2D eigenvalue weighted by Crippen LogP contribution is -2.15. The zero-order valence-corrected chi connectivity index (χ0v) is 14.7. The van der Waals surface area contributed by atoms with Gasteiger partial charge in [0.25, 0.3) is 0 Å². The van der Waals surface area contributed by atoms with Crippen molar-refractivity contribution in [2.24, 2.45) is 0 Å². The van der Waals surface area contributed by atoms with Crippen molar-refractivity contribution in [1.82, 2.24) is 0 Å². The first-order valence-electron chi connectivity index (χ1n) is 8.76. The maximum atomic E-state index is 12.2. The van der Waals surface area contributed by atoms with E-state index in [0.717, 1.165) is 35.6 Å². The summed E-state index contributed by atoms with van der Waals surface area (Å²) in [7, 11) is 0. The number of carbonyl (C=O) groups is 1. The number of unbranched alkanes of at least 4 members (excludes halogenated alkanes) is 3. The van der Waals surface area contributed by atoms with E-state index in [9.17, 15) is 4.79 Å². The minimum Gasteiger partial charge on any atom is -0.494 e. The Bertz CT molecular complexity index is 652. The van der Waals surface area contributed by atoms with E-state index < -0.39 is 0 Å². The molecule has 0 aliphatic rings. The molecule has 0 bridgehead atoms. The van der Waals surface area contributed by atoms with E-state index in [-0.39, 0.29) is 5.91 Å². The van der Waals surface area contributed by atoms with Crippen LogP contribution >= 0.6 is 0 Å². The lowest BCUT2D eigenvalue weighted by atomic mass is 10.1. The highest BCUT2D eigenvalue weighted by Crippen LogP contribution is 2.18. The van der Waals surface area contributed by atoms with E-state index in [1.807, 2.05) is 55.5 Å². The summed E-state index contributed by atoms with van der Waals surface area (Å²) >= 11 is 0. The molecule has 0 saturated carbocycles. The summed E-state index contributed by atoms with van der Waals surface area (Å²) in [5.74, 6) is 0.796. The largest absolute Gasteiger partial charge is 0.494 e. The van der Waals surface area contributed by atoms with Gasteiger partial charge in [0.1, 0.15) is 5.75 Å². The van der Waals surface area contributed by atoms with Gasteiger partial charge in [0, 0.05) is 11.8 Å².